The maximum Gasteiger partial charge on any atom is 0.129 e. The van der Waals surface area contributed by atoms with Crippen molar-refractivity contribution < 1.29 is 9.47 Å². The molecule has 1 aromatic heterocycles. The van der Waals surface area contributed by atoms with Crippen molar-refractivity contribution in [2.75, 3.05) is 26.6 Å². The number of aromatic nitrogens is 2. The van der Waals surface area contributed by atoms with Crippen molar-refractivity contribution in [3.63, 3.8) is 0 Å². The highest BCUT2D eigenvalue weighted by atomic mass is 16.5. The number of hydrogen-bond donors (Lipinski definition) is 1. The third-order valence-electron chi connectivity index (χ3n) is 3.18. The third kappa shape index (κ3) is 2.77. The standard InChI is InChI=1S/C14H19N3O2/c1-17-14(15)12(8-16-17)10-4-6-11(7-5-10)13(19-3)9-18-2/h4-8,13H,9,15H2,1-3H3. The molecule has 1 atom stereocenters. The zero-order chi connectivity index (χ0) is 13.8. The molecule has 2 aromatic rings. The molecule has 0 amide bonds. The topological polar surface area (TPSA) is 62.3 Å². The third-order valence-corrected chi connectivity index (χ3v) is 3.18. The van der Waals surface area contributed by atoms with E-state index < -0.39 is 0 Å². The van der Waals surface area contributed by atoms with Crippen molar-refractivity contribution in [3.8, 4) is 11.1 Å². The van der Waals surface area contributed by atoms with Crippen LogP contribution >= 0.6 is 0 Å². The van der Waals surface area contributed by atoms with E-state index in [0.29, 0.717) is 12.4 Å². The van der Waals surface area contributed by atoms with Crippen LogP contribution in [0.3, 0.4) is 0 Å². The molecule has 1 unspecified atom stereocenters. The molecule has 0 saturated heterocycles. The monoisotopic (exact) mass is 261 g/mol. The van der Waals surface area contributed by atoms with Crippen molar-refractivity contribution in [1.29, 1.82) is 0 Å². The lowest BCUT2D eigenvalue weighted by molar-refractivity contribution is 0.0275. The fourth-order valence-electron chi connectivity index (χ4n) is 2.00. The first-order valence-electron chi connectivity index (χ1n) is 6.07. The maximum absolute atomic E-state index is 5.96. The quantitative estimate of drug-likeness (QED) is 0.894. The Balaban J connectivity index is 2.25. The summed E-state index contributed by atoms with van der Waals surface area (Å²) in [6.07, 6.45) is 1.72. The lowest BCUT2D eigenvalue weighted by Crippen LogP contribution is -2.08. The van der Waals surface area contributed by atoms with Gasteiger partial charge in [-0.1, -0.05) is 24.3 Å². The minimum atomic E-state index is -0.0507. The van der Waals surface area contributed by atoms with E-state index in [4.69, 9.17) is 15.2 Å². The predicted molar refractivity (Wildman–Crippen MR) is 74.7 cm³/mol. The Morgan fingerprint density at radius 3 is 2.42 bits per heavy atom. The number of nitrogens with two attached hydrogens (primary N) is 1. The van der Waals surface area contributed by atoms with Gasteiger partial charge in [0.2, 0.25) is 0 Å². The van der Waals surface area contributed by atoms with Crippen LogP contribution in [0.4, 0.5) is 5.82 Å². The van der Waals surface area contributed by atoms with E-state index in [2.05, 4.69) is 5.10 Å². The lowest BCUT2D eigenvalue weighted by atomic mass is 10.0. The van der Waals surface area contributed by atoms with Crippen LogP contribution in [0.5, 0.6) is 0 Å². The molecule has 0 radical (unpaired) electrons. The van der Waals surface area contributed by atoms with Crippen molar-refractivity contribution >= 4 is 5.82 Å². The Labute approximate surface area is 112 Å². The average Bonchev–Trinajstić information content (AvgIpc) is 2.77. The maximum atomic E-state index is 5.96. The highest BCUT2D eigenvalue weighted by molar-refractivity contribution is 5.73. The van der Waals surface area contributed by atoms with Crippen LogP contribution in [0.25, 0.3) is 11.1 Å². The molecule has 1 aromatic carbocycles. The first-order chi connectivity index (χ1) is 9.17. The van der Waals surface area contributed by atoms with Gasteiger partial charge in [0.15, 0.2) is 0 Å². The fraction of sp³-hybridized carbons (Fsp3) is 0.357. The zero-order valence-electron chi connectivity index (χ0n) is 11.5. The van der Waals surface area contributed by atoms with E-state index in [1.165, 1.54) is 0 Å². The van der Waals surface area contributed by atoms with E-state index in [0.717, 1.165) is 16.7 Å². The van der Waals surface area contributed by atoms with E-state index in [-0.39, 0.29) is 6.10 Å². The molecule has 102 valence electrons. The minimum Gasteiger partial charge on any atom is -0.383 e. The van der Waals surface area contributed by atoms with E-state index in [1.54, 1.807) is 25.1 Å². The molecule has 0 aliphatic heterocycles. The molecule has 19 heavy (non-hydrogen) atoms. The second-order valence-corrected chi connectivity index (χ2v) is 4.37. The zero-order valence-corrected chi connectivity index (χ0v) is 11.5. The van der Waals surface area contributed by atoms with Gasteiger partial charge in [0.1, 0.15) is 11.9 Å². The highest BCUT2D eigenvalue weighted by Crippen LogP contribution is 2.27. The summed E-state index contributed by atoms with van der Waals surface area (Å²) in [5, 5.41) is 4.14. The molecule has 5 nitrogen and oxygen atoms in total. The number of nitrogen functional groups attached to an aromatic ring is 1. The number of hydrogen-bond acceptors (Lipinski definition) is 4. The van der Waals surface area contributed by atoms with Gasteiger partial charge in [0.05, 0.1) is 12.8 Å². The number of benzene rings is 1. The number of ether oxygens (including phenoxy) is 2. The SMILES string of the molecule is COCC(OC)c1ccc(-c2cnn(C)c2N)cc1. The van der Waals surface area contributed by atoms with Gasteiger partial charge >= 0.3 is 0 Å². The summed E-state index contributed by atoms with van der Waals surface area (Å²) in [5.74, 6) is 0.660. The van der Waals surface area contributed by atoms with Crippen molar-refractivity contribution in [2.24, 2.45) is 7.05 Å². The molecule has 2 rings (SSSR count). The van der Waals surface area contributed by atoms with Crippen molar-refractivity contribution in [2.45, 2.75) is 6.10 Å². The predicted octanol–water partition coefficient (Wildman–Crippen LogP) is 2.00. The number of anilines is 1. The van der Waals surface area contributed by atoms with Crippen LogP contribution in [-0.2, 0) is 16.5 Å². The van der Waals surface area contributed by atoms with Gasteiger partial charge in [0.25, 0.3) is 0 Å². The smallest absolute Gasteiger partial charge is 0.129 e. The van der Waals surface area contributed by atoms with Crippen LogP contribution in [0.15, 0.2) is 30.5 Å². The van der Waals surface area contributed by atoms with Gasteiger partial charge in [-0.3, -0.25) is 4.68 Å². The Hall–Kier alpha value is -1.85. The van der Waals surface area contributed by atoms with E-state index >= 15 is 0 Å². The summed E-state index contributed by atoms with van der Waals surface area (Å²) in [6, 6.07) is 8.08. The van der Waals surface area contributed by atoms with E-state index in [9.17, 15) is 0 Å². The molecule has 2 N–H and O–H groups in total. The summed E-state index contributed by atoms with van der Waals surface area (Å²) < 4.78 is 12.2. The fourth-order valence-corrected chi connectivity index (χ4v) is 2.00. The molecule has 0 bridgehead atoms. The Kier molecular flexibility index (Phi) is 4.19. The van der Waals surface area contributed by atoms with Gasteiger partial charge in [-0.2, -0.15) is 5.10 Å². The Morgan fingerprint density at radius 2 is 1.95 bits per heavy atom. The molecule has 0 aliphatic carbocycles. The largest absolute Gasteiger partial charge is 0.383 e. The molecule has 0 fully saturated rings. The average molecular weight is 261 g/mol. The minimum absolute atomic E-state index is 0.0507. The lowest BCUT2D eigenvalue weighted by Gasteiger charge is -2.15. The molecule has 0 saturated carbocycles. The van der Waals surface area contributed by atoms with E-state index in [1.807, 2.05) is 31.3 Å². The second kappa shape index (κ2) is 5.86. The summed E-state index contributed by atoms with van der Waals surface area (Å²) >= 11 is 0. The number of aryl methyl sites for hydroxylation is 1. The second-order valence-electron chi connectivity index (χ2n) is 4.37. The normalized spacial score (nSPS) is 12.6. The number of rotatable bonds is 5. The van der Waals surface area contributed by atoms with Gasteiger partial charge in [0, 0.05) is 26.8 Å². The highest BCUT2D eigenvalue weighted by Gasteiger charge is 2.11. The van der Waals surface area contributed by atoms with Gasteiger partial charge in [-0.15, -0.1) is 0 Å². The summed E-state index contributed by atoms with van der Waals surface area (Å²) in [6.45, 7) is 0.533. The van der Waals surface area contributed by atoms with Crippen molar-refractivity contribution in [3.05, 3.63) is 36.0 Å². The van der Waals surface area contributed by atoms with Gasteiger partial charge < -0.3 is 15.2 Å². The van der Waals surface area contributed by atoms with Crippen LogP contribution in [0.2, 0.25) is 0 Å². The van der Waals surface area contributed by atoms with Crippen LogP contribution in [-0.4, -0.2) is 30.6 Å². The summed E-state index contributed by atoms with van der Waals surface area (Å²) in [4.78, 5) is 0. The number of nitrogens with zero attached hydrogens (tertiary/aromatic N) is 2. The first-order valence-corrected chi connectivity index (χ1v) is 6.07. The Bertz CT molecular complexity index is 534. The van der Waals surface area contributed by atoms with Crippen LogP contribution < -0.4 is 5.73 Å². The van der Waals surface area contributed by atoms with Crippen LogP contribution in [0, 0.1) is 0 Å². The van der Waals surface area contributed by atoms with Crippen molar-refractivity contribution in [1.82, 2.24) is 9.78 Å². The molecular formula is C14H19N3O2. The summed E-state index contributed by atoms with van der Waals surface area (Å²) in [5.41, 5.74) is 9.02. The Morgan fingerprint density at radius 1 is 1.26 bits per heavy atom. The van der Waals surface area contributed by atoms with Crippen LogP contribution in [0.1, 0.15) is 11.7 Å². The molecule has 5 heteroatoms. The molecule has 1 heterocycles. The molecular weight excluding hydrogens is 242 g/mol. The molecule has 0 aliphatic rings. The molecule has 0 spiro atoms. The first kappa shape index (κ1) is 13.6. The number of methoxy groups -OCH3 is 2. The summed E-state index contributed by atoms with van der Waals surface area (Å²) in [7, 11) is 5.17. The van der Waals surface area contributed by atoms with Gasteiger partial charge in [-0.25, -0.2) is 0 Å². The van der Waals surface area contributed by atoms with Gasteiger partial charge in [-0.05, 0) is 11.1 Å².